The number of carbonyl (C=O) groups is 1. The standard InChI is InChI=1S/C26H26FN5O/c1-16(2)13-28-24-25-29-14-23(18-3-5-19(6-4-18)26(33)30-21-11-12-21)32(25)15-22(31-24)17-7-9-20(27)10-8-17/h3-10,14-16,21H,11-13H2,1-2H3,(H,28,31)(H,30,33). The van der Waals surface area contributed by atoms with Crippen LogP contribution in [0.5, 0.6) is 0 Å². The van der Waals surface area contributed by atoms with Crippen LogP contribution < -0.4 is 10.6 Å². The molecule has 1 aliphatic rings. The lowest BCUT2D eigenvalue weighted by Gasteiger charge is -2.13. The van der Waals surface area contributed by atoms with Crippen molar-refractivity contribution >= 4 is 17.4 Å². The van der Waals surface area contributed by atoms with Crippen molar-refractivity contribution < 1.29 is 9.18 Å². The maximum atomic E-state index is 13.5. The van der Waals surface area contributed by atoms with Crippen LogP contribution in [0.4, 0.5) is 10.2 Å². The van der Waals surface area contributed by atoms with Crippen LogP contribution in [0.15, 0.2) is 60.9 Å². The Labute approximate surface area is 191 Å². The first-order valence-corrected chi connectivity index (χ1v) is 11.3. The molecule has 1 fully saturated rings. The maximum absolute atomic E-state index is 13.5. The molecule has 0 saturated heterocycles. The van der Waals surface area contributed by atoms with Crippen LogP contribution in [-0.4, -0.2) is 32.9 Å². The van der Waals surface area contributed by atoms with E-state index in [1.165, 1.54) is 12.1 Å². The third-order valence-corrected chi connectivity index (χ3v) is 5.67. The Morgan fingerprint density at radius 3 is 2.45 bits per heavy atom. The number of hydrogen-bond donors (Lipinski definition) is 2. The van der Waals surface area contributed by atoms with Gasteiger partial charge in [-0.2, -0.15) is 0 Å². The zero-order valence-corrected chi connectivity index (χ0v) is 18.7. The lowest BCUT2D eigenvalue weighted by atomic mass is 10.1. The van der Waals surface area contributed by atoms with E-state index in [1.807, 2.05) is 41.1 Å². The number of rotatable bonds is 7. The predicted molar refractivity (Wildman–Crippen MR) is 128 cm³/mol. The fraction of sp³-hybridized carbons (Fsp3) is 0.269. The van der Waals surface area contributed by atoms with Crippen molar-refractivity contribution in [2.45, 2.75) is 32.7 Å². The van der Waals surface area contributed by atoms with Gasteiger partial charge >= 0.3 is 0 Å². The molecule has 2 aromatic carbocycles. The Balaban J connectivity index is 1.54. The molecule has 4 aromatic rings. The Hall–Kier alpha value is -3.74. The Bertz CT molecular complexity index is 1290. The van der Waals surface area contributed by atoms with Gasteiger partial charge in [0.2, 0.25) is 0 Å². The van der Waals surface area contributed by atoms with Crippen LogP contribution in [0.1, 0.15) is 37.0 Å². The van der Waals surface area contributed by atoms with Crippen LogP contribution >= 0.6 is 0 Å². The largest absolute Gasteiger partial charge is 0.367 e. The number of nitrogens with zero attached hydrogens (tertiary/aromatic N) is 3. The zero-order chi connectivity index (χ0) is 22.9. The van der Waals surface area contributed by atoms with Crippen LogP contribution in [0.2, 0.25) is 0 Å². The summed E-state index contributed by atoms with van der Waals surface area (Å²) < 4.78 is 15.5. The van der Waals surface area contributed by atoms with Gasteiger partial charge in [0.1, 0.15) is 5.82 Å². The Morgan fingerprint density at radius 1 is 1.09 bits per heavy atom. The van der Waals surface area contributed by atoms with E-state index in [9.17, 15) is 9.18 Å². The van der Waals surface area contributed by atoms with Crippen LogP contribution in [0, 0.1) is 11.7 Å². The van der Waals surface area contributed by atoms with E-state index in [4.69, 9.17) is 4.98 Å². The quantitative estimate of drug-likeness (QED) is 0.414. The van der Waals surface area contributed by atoms with E-state index in [0.717, 1.165) is 36.2 Å². The Kier molecular flexibility index (Phi) is 5.54. The summed E-state index contributed by atoms with van der Waals surface area (Å²) in [5, 5.41) is 6.41. The molecule has 33 heavy (non-hydrogen) atoms. The van der Waals surface area contributed by atoms with Gasteiger partial charge < -0.3 is 10.6 Å². The van der Waals surface area contributed by atoms with Crippen molar-refractivity contribution in [2.75, 3.05) is 11.9 Å². The number of hydrogen-bond acceptors (Lipinski definition) is 4. The molecule has 6 nitrogen and oxygen atoms in total. The summed E-state index contributed by atoms with van der Waals surface area (Å²) in [7, 11) is 0. The molecule has 5 rings (SSSR count). The number of anilines is 1. The molecule has 0 bridgehead atoms. The molecule has 7 heteroatoms. The molecule has 2 N–H and O–H groups in total. The van der Waals surface area contributed by atoms with Crippen LogP contribution in [0.25, 0.3) is 28.2 Å². The molecule has 0 unspecified atom stereocenters. The first-order chi connectivity index (χ1) is 16.0. The normalized spacial score (nSPS) is 13.5. The smallest absolute Gasteiger partial charge is 0.251 e. The first-order valence-electron chi connectivity index (χ1n) is 11.3. The summed E-state index contributed by atoms with van der Waals surface area (Å²) in [6, 6.07) is 14.2. The highest BCUT2D eigenvalue weighted by Gasteiger charge is 2.23. The minimum atomic E-state index is -0.285. The second-order valence-corrected chi connectivity index (χ2v) is 8.92. The van der Waals surface area contributed by atoms with Gasteiger partial charge in [0.05, 0.1) is 17.6 Å². The van der Waals surface area contributed by atoms with Gasteiger partial charge in [-0.25, -0.2) is 14.4 Å². The van der Waals surface area contributed by atoms with Gasteiger partial charge in [-0.1, -0.05) is 26.0 Å². The fourth-order valence-corrected chi connectivity index (χ4v) is 3.67. The zero-order valence-electron chi connectivity index (χ0n) is 18.7. The Morgan fingerprint density at radius 2 is 1.79 bits per heavy atom. The van der Waals surface area contributed by atoms with Gasteiger partial charge in [0, 0.05) is 35.5 Å². The molecule has 168 valence electrons. The number of imidazole rings is 1. The van der Waals surface area contributed by atoms with Crippen molar-refractivity contribution in [1.29, 1.82) is 0 Å². The number of aromatic nitrogens is 3. The number of carbonyl (C=O) groups excluding carboxylic acids is 1. The van der Waals surface area contributed by atoms with E-state index < -0.39 is 0 Å². The van der Waals surface area contributed by atoms with E-state index in [0.29, 0.717) is 34.7 Å². The maximum Gasteiger partial charge on any atom is 0.251 e. The molecule has 1 aliphatic carbocycles. The number of nitrogens with one attached hydrogen (secondary N) is 2. The van der Waals surface area contributed by atoms with Crippen LogP contribution in [0.3, 0.4) is 0 Å². The number of benzene rings is 2. The second-order valence-electron chi connectivity index (χ2n) is 8.92. The summed E-state index contributed by atoms with van der Waals surface area (Å²) in [6.07, 6.45) is 5.84. The highest BCUT2D eigenvalue weighted by Crippen LogP contribution is 2.28. The molecule has 2 heterocycles. The third-order valence-electron chi connectivity index (χ3n) is 5.67. The van der Waals surface area contributed by atoms with Gasteiger partial charge in [-0.05, 0) is 55.2 Å². The highest BCUT2D eigenvalue weighted by atomic mass is 19.1. The summed E-state index contributed by atoms with van der Waals surface area (Å²) in [4.78, 5) is 21.7. The second kappa shape index (κ2) is 8.65. The lowest BCUT2D eigenvalue weighted by molar-refractivity contribution is 0.0951. The molecule has 0 aliphatic heterocycles. The van der Waals surface area contributed by atoms with Crippen molar-refractivity contribution in [3.63, 3.8) is 0 Å². The number of amides is 1. The van der Waals surface area contributed by atoms with Crippen molar-refractivity contribution in [3.05, 3.63) is 72.3 Å². The minimum absolute atomic E-state index is 0.0369. The molecule has 1 saturated carbocycles. The average molecular weight is 444 g/mol. The van der Waals surface area contributed by atoms with Crippen molar-refractivity contribution in [2.24, 2.45) is 5.92 Å². The van der Waals surface area contributed by atoms with Gasteiger partial charge in [0.25, 0.3) is 5.91 Å². The summed E-state index contributed by atoms with van der Waals surface area (Å²) >= 11 is 0. The lowest BCUT2D eigenvalue weighted by Crippen LogP contribution is -2.25. The number of fused-ring (bicyclic) bond motifs is 1. The average Bonchev–Trinajstić information content (AvgIpc) is 3.53. The van der Waals surface area contributed by atoms with Gasteiger partial charge in [-0.15, -0.1) is 0 Å². The van der Waals surface area contributed by atoms with Gasteiger partial charge in [0.15, 0.2) is 11.5 Å². The third kappa shape index (κ3) is 4.58. The molecular weight excluding hydrogens is 417 g/mol. The summed E-state index contributed by atoms with van der Waals surface area (Å²) in [5.74, 6) is 0.791. The molecule has 0 spiro atoms. The van der Waals surface area contributed by atoms with E-state index in [2.05, 4.69) is 29.5 Å². The van der Waals surface area contributed by atoms with E-state index in [-0.39, 0.29) is 11.7 Å². The highest BCUT2D eigenvalue weighted by molar-refractivity contribution is 5.95. The summed E-state index contributed by atoms with van der Waals surface area (Å²) in [6.45, 7) is 5.01. The van der Waals surface area contributed by atoms with Crippen molar-refractivity contribution in [1.82, 2.24) is 19.7 Å². The first kappa shape index (κ1) is 21.1. The minimum Gasteiger partial charge on any atom is -0.367 e. The molecule has 2 aromatic heterocycles. The van der Waals surface area contributed by atoms with E-state index in [1.54, 1.807) is 12.1 Å². The predicted octanol–water partition coefficient (Wildman–Crippen LogP) is 5.16. The topological polar surface area (TPSA) is 71.3 Å². The number of halogens is 1. The van der Waals surface area contributed by atoms with Crippen molar-refractivity contribution in [3.8, 4) is 22.5 Å². The van der Waals surface area contributed by atoms with E-state index >= 15 is 0 Å². The SMILES string of the molecule is CC(C)CNc1nc(-c2ccc(F)cc2)cn2c(-c3ccc(C(=O)NC4CC4)cc3)cnc12. The molecule has 1 amide bonds. The molecule has 0 atom stereocenters. The molecular formula is C26H26FN5O. The van der Waals surface area contributed by atoms with Gasteiger partial charge in [-0.3, -0.25) is 9.20 Å². The molecule has 0 radical (unpaired) electrons. The fourth-order valence-electron chi connectivity index (χ4n) is 3.67. The van der Waals surface area contributed by atoms with Crippen LogP contribution in [-0.2, 0) is 0 Å². The monoisotopic (exact) mass is 443 g/mol. The summed E-state index contributed by atoms with van der Waals surface area (Å²) in [5.41, 5.74) is 4.72.